The highest BCUT2D eigenvalue weighted by Crippen LogP contribution is 2.67. The van der Waals surface area contributed by atoms with E-state index >= 15 is 0 Å². The molecule has 0 aromatic heterocycles. The Morgan fingerprint density at radius 1 is 0.970 bits per heavy atom. The van der Waals surface area contributed by atoms with Gasteiger partial charge >= 0.3 is 0 Å². The number of fused-ring (bicyclic) bond motifs is 5. The second kappa shape index (κ2) is 9.13. The molecule has 0 spiro atoms. The van der Waals surface area contributed by atoms with Gasteiger partial charge in [0.1, 0.15) is 0 Å². The quantitative estimate of drug-likeness (QED) is 0.381. The van der Waals surface area contributed by atoms with E-state index < -0.39 is 0 Å². The molecule has 0 aromatic rings. The third-order valence-electron chi connectivity index (χ3n) is 12.1. The minimum Gasteiger partial charge on any atom is -0.265 e. The summed E-state index contributed by atoms with van der Waals surface area (Å²) in [4.78, 5) is 4.96. The SMILES string of the molecule is CCCC1=CN=C(C[C@@H](C)[C@H]2CC[C@H]3[C@@H]4CC[C@@H]5CC(C)(C)CC[C@@H]5[C@H]4CCC23CC)C1C. The van der Waals surface area contributed by atoms with Gasteiger partial charge in [-0.25, -0.2) is 0 Å². The van der Waals surface area contributed by atoms with E-state index in [1.165, 1.54) is 69.9 Å². The molecule has 0 bridgehead atoms. The first-order valence-corrected chi connectivity index (χ1v) is 15.0. The largest absolute Gasteiger partial charge is 0.265 e. The molecule has 4 aliphatic carbocycles. The van der Waals surface area contributed by atoms with Gasteiger partial charge in [0.2, 0.25) is 0 Å². The van der Waals surface area contributed by atoms with Crippen LogP contribution in [0.2, 0.25) is 0 Å². The molecule has 0 aromatic carbocycles. The number of allylic oxidation sites excluding steroid dienone is 1. The van der Waals surface area contributed by atoms with Crippen LogP contribution >= 0.6 is 0 Å². The highest BCUT2D eigenvalue weighted by molar-refractivity contribution is 5.91. The lowest BCUT2D eigenvalue weighted by Crippen LogP contribution is -2.50. The van der Waals surface area contributed by atoms with Crippen LogP contribution in [0, 0.1) is 58.2 Å². The van der Waals surface area contributed by atoms with E-state index in [1.807, 2.05) is 0 Å². The van der Waals surface area contributed by atoms with E-state index in [9.17, 15) is 0 Å². The maximum absolute atomic E-state index is 4.96. The van der Waals surface area contributed by atoms with Gasteiger partial charge in [-0.15, -0.1) is 0 Å². The average Bonchev–Trinajstić information content (AvgIpc) is 3.34. The Balaban J connectivity index is 1.28. The summed E-state index contributed by atoms with van der Waals surface area (Å²) in [5.74, 6) is 7.60. The van der Waals surface area contributed by atoms with Crippen molar-refractivity contribution in [1.82, 2.24) is 0 Å². The van der Waals surface area contributed by atoms with Gasteiger partial charge in [0.05, 0.1) is 0 Å². The fourth-order valence-corrected chi connectivity index (χ4v) is 10.6. The number of hydrogen-bond acceptors (Lipinski definition) is 1. The average molecular weight is 452 g/mol. The van der Waals surface area contributed by atoms with E-state index in [2.05, 4.69) is 47.7 Å². The van der Waals surface area contributed by atoms with E-state index in [1.54, 1.807) is 24.8 Å². The standard InChI is InChI=1S/C32H53N/c1-7-9-24-20-33-30(22(24)4)18-21(3)28-12-13-29-27-11-10-23-19-31(5,6)16-14-25(23)26(27)15-17-32(28,29)8-2/h20-23,25-29H,7-19H2,1-6H3/t21-,22?,23-,25+,26-,27-,28-,29+,32?/m1/s1. The maximum Gasteiger partial charge on any atom is 0.0265 e. The molecule has 186 valence electrons. The van der Waals surface area contributed by atoms with Crippen molar-refractivity contribution in [3.63, 3.8) is 0 Å². The maximum atomic E-state index is 4.96. The van der Waals surface area contributed by atoms with Gasteiger partial charge in [-0.3, -0.25) is 4.99 Å². The first kappa shape index (κ1) is 24.1. The van der Waals surface area contributed by atoms with Gasteiger partial charge in [-0.05, 0) is 135 Å². The molecule has 1 heterocycles. The normalized spacial score (nSPS) is 45.0. The molecule has 0 amide bonds. The molecule has 0 radical (unpaired) electrons. The number of nitrogens with zero attached hydrogens (tertiary/aromatic N) is 1. The van der Waals surface area contributed by atoms with Gasteiger partial charge in [0.25, 0.3) is 0 Å². The molecule has 5 rings (SSSR count). The molecular weight excluding hydrogens is 398 g/mol. The molecule has 1 heteroatoms. The van der Waals surface area contributed by atoms with Crippen molar-refractivity contribution < 1.29 is 0 Å². The van der Waals surface area contributed by atoms with Crippen molar-refractivity contribution in [3.8, 4) is 0 Å². The van der Waals surface area contributed by atoms with Crippen LogP contribution in [-0.4, -0.2) is 5.71 Å². The van der Waals surface area contributed by atoms with Crippen LogP contribution in [-0.2, 0) is 0 Å². The van der Waals surface area contributed by atoms with Gasteiger partial charge in [0, 0.05) is 17.8 Å². The minimum absolute atomic E-state index is 0.601. The van der Waals surface area contributed by atoms with Crippen LogP contribution in [0.4, 0.5) is 0 Å². The zero-order valence-corrected chi connectivity index (χ0v) is 22.8. The molecule has 2 unspecified atom stereocenters. The second-order valence-electron chi connectivity index (χ2n) is 14.1. The second-order valence-corrected chi connectivity index (χ2v) is 14.1. The van der Waals surface area contributed by atoms with E-state index in [0.29, 0.717) is 16.7 Å². The zero-order valence-electron chi connectivity index (χ0n) is 22.8. The number of hydrogen-bond donors (Lipinski definition) is 0. The van der Waals surface area contributed by atoms with Crippen molar-refractivity contribution in [1.29, 1.82) is 0 Å². The van der Waals surface area contributed by atoms with Crippen molar-refractivity contribution in [2.45, 2.75) is 125 Å². The Kier molecular flexibility index (Phi) is 6.67. The van der Waals surface area contributed by atoms with Gasteiger partial charge in [0.15, 0.2) is 0 Å². The first-order valence-electron chi connectivity index (χ1n) is 15.0. The molecule has 5 aliphatic rings. The molecule has 4 fully saturated rings. The van der Waals surface area contributed by atoms with Crippen LogP contribution in [0.15, 0.2) is 16.8 Å². The number of rotatable bonds is 6. The van der Waals surface area contributed by atoms with E-state index in [4.69, 9.17) is 4.99 Å². The highest BCUT2D eigenvalue weighted by Gasteiger charge is 2.59. The van der Waals surface area contributed by atoms with Crippen molar-refractivity contribution in [2.24, 2.45) is 63.2 Å². The molecule has 4 saturated carbocycles. The summed E-state index contributed by atoms with van der Waals surface area (Å²) < 4.78 is 0. The fraction of sp³-hybridized carbons (Fsp3) is 0.906. The summed E-state index contributed by atoms with van der Waals surface area (Å²) in [6.45, 7) is 15.0. The lowest BCUT2D eigenvalue weighted by atomic mass is 9.47. The lowest BCUT2D eigenvalue weighted by molar-refractivity contribution is -0.0890. The first-order chi connectivity index (χ1) is 15.8. The van der Waals surface area contributed by atoms with Crippen molar-refractivity contribution in [3.05, 3.63) is 11.8 Å². The minimum atomic E-state index is 0.601. The summed E-state index contributed by atoms with van der Waals surface area (Å²) in [6.07, 6.45) is 21.1. The van der Waals surface area contributed by atoms with Crippen molar-refractivity contribution in [2.75, 3.05) is 0 Å². The topological polar surface area (TPSA) is 12.4 Å². The number of aliphatic imine (C=N–C) groups is 1. The summed E-state index contributed by atoms with van der Waals surface area (Å²) in [6, 6.07) is 0. The molecule has 0 saturated heterocycles. The van der Waals surface area contributed by atoms with Gasteiger partial charge in [-0.2, -0.15) is 0 Å². The summed E-state index contributed by atoms with van der Waals surface area (Å²) in [5, 5.41) is 0. The third kappa shape index (κ3) is 4.10. The van der Waals surface area contributed by atoms with Crippen LogP contribution < -0.4 is 0 Å². The Morgan fingerprint density at radius 3 is 2.52 bits per heavy atom. The fourth-order valence-electron chi connectivity index (χ4n) is 10.6. The summed E-state index contributed by atoms with van der Waals surface area (Å²) in [7, 11) is 0. The third-order valence-corrected chi connectivity index (χ3v) is 12.1. The predicted octanol–water partition coefficient (Wildman–Crippen LogP) is 9.47. The molecular formula is C32H53N. The van der Waals surface area contributed by atoms with Gasteiger partial charge in [-0.1, -0.05) is 48.0 Å². The van der Waals surface area contributed by atoms with E-state index in [-0.39, 0.29) is 0 Å². The predicted molar refractivity (Wildman–Crippen MR) is 142 cm³/mol. The Bertz CT molecular complexity index is 773. The van der Waals surface area contributed by atoms with Gasteiger partial charge < -0.3 is 0 Å². The van der Waals surface area contributed by atoms with E-state index in [0.717, 1.165) is 41.4 Å². The molecule has 1 nitrogen and oxygen atoms in total. The zero-order chi connectivity index (χ0) is 23.4. The summed E-state index contributed by atoms with van der Waals surface area (Å²) >= 11 is 0. The Hall–Kier alpha value is -0.590. The van der Waals surface area contributed by atoms with Crippen LogP contribution in [0.25, 0.3) is 0 Å². The Morgan fingerprint density at radius 2 is 1.76 bits per heavy atom. The van der Waals surface area contributed by atoms with Crippen LogP contribution in [0.3, 0.4) is 0 Å². The molecule has 33 heavy (non-hydrogen) atoms. The summed E-state index contributed by atoms with van der Waals surface area (Å²) in [5.41, 5.74) is 4.33. The highest BCUT2D eigenvalue weighted by atomic mass is 14.8. The smallest absolute Gasteiger partial charge is 0.0265 e. The monoisotopic (exact) mass is 451 g/mol. The molecule has 1 aliphatic heterocycles. The van der Waals surface area contributed by atoms with Crippen molar-refractivity contribution >= 4 is 5.71 Å². The molecule has 0 N–H and O–H groups in total. The Labute approximate surface area is 205 Å². The lowest BCUT2D eigenvalue weighted by Gasteiger charge is -2.58. The van der Waals surface area contributed by atoms with Crippen LogP contribution in [0.1, 0.15) is 125 Å². The van der Waals surface area contributed by atoms with Crippen LogP contribution in [0.5, 0.6) is 0 Å². The molecule has 9 atom stereocenters.